The second kappa shape index (κ2) is 14.7. The van der Waals surface area contributed by atoms with Crippen molar-refractivity contribution < 1.29 is 22.7 Å². The Bertz CT molecular complexity index is 1390. The van der Waals surface area contributed by atoms with Gasteiger partial charge in [0, 0.05) is 13.1 Å². The number of amides is 2. The van der Waals surface area contributed by atoms with E-state index in [1.807, 2.05) is 58.9 Å². The van der Waals surface area contributed by atoms with Crippen molar-refractivity contribution >= 4 is 27.5 Å². The largest absolute Gasteiger partial charge is 0.494 e. The highest BCUT2D eigenvalue weighted by molar-refractivity contribution is 7.92. The predicted octanol–water partition coefficient (Wildman–Crippen LogP) is 5.17. The SMILES string of the molecule is CCOc1ccc(S(=O)(=O)N(CC(=O)N(Cc2ccccc2C)[C@H](CC)C(=O)NCC(C)C)c2ccccc2)cc1. The fourth-order valence-electron chi connectivity index (χ4n) is 4.44. The summed E-state index contributed by atoms with van der Waals surface area (Å²) in [5.41, 5.74) is 2.21. The molecule has 1 atom stereocenters. The average molecular weight is 580 g/mol. The van der Waals surface area contributed by atoms with Crippen molar-refractivity contribution in [1.82, 2.24) is 10.2 Å². The zero-order chi connectivity index (χ0) is 30.0. The lowest BCUT2D eigenvalue weighted by molar-refractivity contribution is -0.140. The summed E-state index contributed by atoms with van der Waals surface area (Å²) in [6.45, 7) is 10.3. The van der Waals surface area contributed by atoms with Crippen molar-refractivity contribution in [1.29, 1.82) is 0 Å². The van der Waals surface area contributed by atoms with Crippen LogP contribution in [0.3, 0.4) is 0 Å². The van der Waals surface area contributed by atoms with Crippen LogP contribution in [0.2, 0.25) is 0 Å². The van der Waals surface area contributed by atoms with Gasteiger partial charge >= 0.3 is 0 Å². The van der Waals surface area contributed by atoms with Crippen molar-refractivity contribution in [3.8, 4) is 5.75 Å². The maximum Gasteiger partial charge on any atom is 0.264 e. The number of ether oxygens (including phenoxy) is 1. The first-order chi connectivity index (χ1) is 19.6. The van der Waals surface area contributed by atoms with E-state index < -0.39 is 28.5 Å². The second-order valence-electron chi connectivity index (χ2n) is 10.3. The van der Waals surface area contributed by atoms with Crippen LogP contribution < -0.4 is 14.4 Å². The minimum absolute atomic E-state index is 0.0322. The van der Waals surface area contributed by atoms with Crippen LogP contribution >= 0.6 is 0 Å². The smallest absolute Gasteiger partial charge is 0.264 e. The Morgan fingerprint density at radius 3 is 2.12 bits per heavy atom. The van der Waals surface area contributed by atoms with E-state index in [0.717, 1.165) is 15.4 Å². The Hall–Kier alpha value is -3.85. The summed E-state index contributed by atoms with van der Waals surface area (Å²) in [6.07, 6.45) is 0.374. The van der Waals surface area contributed by atoms with Crippen LogP contribution in [-0.4, -0.2) is 50.9 Å². The molecule has 2 amide bonds. The van der Waals surface area contributed by atoms with E-state index in [4.69, 9.17) is 4.74 Å². The molecule has 0 saturated carbocycles. The first-order valence-electron chi connectivity index (χ1n) is 14.0. The fourth-order valence-corrected chi connectivity index (χ4v) is 5.85. The quantitative estimate of drug-likeness (QED) is 0.284. The van der Waals surface area contributed by atoms with E-state index in [1.165, 1.54) is 17.0 Å². The molecule has 0 aliphatic rings. The third-order valence-electron chi connectivity index (χ3n) is 6.72. The Kier molecular flexibility index (Phi) is 11.3. The molecule has 0 aliphatic carbocycles. The molecule has 1 N–H and O–H groups in total. The van der Waals surface area contributed by atoms with Crippen molar-refractivity contribution in [3.05, 3.63) is 90.0 Å². The van der Waals surface area contributed by atoms with Crippen LogP contribution in [0.15, 0.2) is 83.8 Å². The molecule has 9 heteroatoms. The minimum atomic E-state index is -4.14. The molecule has 3 rings (SSSR count). The number of para-hydroxylation sites is 1. The highest BCUT2D eigenvalue weighted by atomic mass is 32.2. The zero-order valence-electron chi connectivity index (χ0n) is 24.5. The second-order valence-corrected chi connectivity index (χ2v) is 12.1. The summed E-state index contributed by atoms with van der Waals surface area (Å²) in [5, 5.41) is 2.95. The van der Waals surface area contributed by atoms with Gasteiger partial charge in [-0.3, -0.25) is 13.9 Å². The lowest BCUT2D eigenvalue weighted by atomic mass is 10.1. The Morgan fingerprint density at radius 1 is 0.902 bits per heavy atom. The van der Waals surface area contributed by atoms with Gasteiger partial charge in [0.1, 0.15) is 18.3 Å². The Morgan fingerprint density at radius 2 is 1.54 bits per heavy atom. The van der Waals surface area contributed by atoms with Gasteiger partial charge in [-0.15, -0.1) is 0 Å². The van der Waals surface area contributed by atoms with Gasteiger partial charge in [-0.05, 0) is 73.7 Å². The molecule has 8 nitrogen and oxygen atoms in total. The number of benzene rings is 3. The highest BCUT2D eigenvalue weighted by Gasteiger charge is 2.33. The summed E-state index contributed by atoms with van der Waals surface area (Å²) < 4.78 is 34.5. The molecule has 0 bridgehead atoms. The number of nitrogens with zero attached hydrogens (tertiary/aromatic N) is 2. The van der Waals surface area contributed by atoms with Crippen molar-refractivity contribution in [3.63, 3.8) is 0 Å². The van der Waals surface area contributed by atoms with Gasteiger partial charge < -0.3 is 15.0 Å². The molecular weight excluding hydrogens is 538 g/mol. The van der Waals surface area contributed by atoms with E-state index in [0.29, 0.717) is 31.0 Å². The van der Waals surface area contributed by atoms with Crippen LogP contribution in [0.5, 0.6) is 5.75 Å². The van der Waals surface area contributed by atoms with Crippen LogP contribution in [0.4, 0.5) is 5.69 Å². The lowest BCUT2D eigenvalue weighted by Gasteiger charge is -2.33. The molecular formula is C32H41N3O5S. The number of anilines is 1. The number of aryl methyl sites for hydroxylation is 1. The van der Waals surface area contributed by atoms with Gasteiger partial charge in [0.2, 0.25) is 11.8 Å². The number of sulfonamides is 1. The maximum absolute atomic E-state index is 14.1. The standard InChI is InChI=1S/C32H41N3O5S/c1-6-30(32(37)33-21-24(3)4)34(22-26-14-12-11-13-25(26)5)31(36)23-35(27-15-9-8-10-16-27)41(38,39)29-19-17-28(18-20-29)40-7-2/h8-20,24,30H,6-7,21-23H2,1-5H3,(H,33,37)/t30-/m1/s1. The predicted molar refractivity (Wildman–Crippen MR) is 162 cm³/mol. The number of nitrogens with one attached hydrogen (secondary N) is 1. The van der Waals surface area contributed by atoms with Gasteiger partial charge in [0.25, 0.3) is 10.0 Å². The van der Waals surface area contributed by atoms with Gasteiger partial charge in [-0.1, -0.05) is 63.2 Å². The monoisotopic (exact) mass is 579 g/mol. The van der Waals surface area contributed by atoms with E-state index in [2.05, 4.69) is 5.32 Å². The first kappa shape index (κ1) is 31.7. The van der Waals surface area contributed by atoms with Gasteiger partial charge in [0.15, 0.2) is 0 Å². The van der Waals surface area contributed by atoms with Gasteiger partial charge in [-0.25, -0.2) is 8.42 Å². The van der Waals surface area contributed by atoms with Gasteiger partial charge in [0.05, 0.1) is 17.2 Å². The van der Waals surface area contributed by atoms with Crippen molar-refractivity contribution in [2.75, 3.05) is 24.0 Å². The molecule has 0 aromatic heterocycles. The summed E-state index contributed by atoms with van der Waals surface area (Å²) in [5.74, 6) is 0.0585. The molecule has 220 valence electrons. The van der Waals surface area contributed by atoms with Crippen molar-refractivity contribution in [2.45, 2.75) is 58.5 Å². The normalized spacial score (nSPS) is 12.0. The summed E-state index contributed by atoms with van der Waals surface area (Å²) in [7, 11) is -4.14. The van der Waals surface area contributed by atoms with Crippen LogP contribution in [0.1, 0.15) is 45.2 Å². The molecule has 0 radical (unpaired) electrons. The van der Waals surface area contributed by atoms with E-state index in [-0.39, 0.29) is 23.3 Å². The minimum Gasteiger partial charge on any atom is -0.494 e. The average Bonchev–Trinajstić information content (AvgIpc) is 2.96. The number of carbonyl (C=O) groups excluding carboxylic acids is 2. The zero-order valence-corrected chi connectivity index (χ0v) is 25.4. The summed E-state index contributed by atoms with van der Waals surface area (Å²) in [4.78, 5) is 29.0. The molecule has 0 fully saturated rings. The fraction of sp³-hybridized carbons (Fsp3) is 0.375. The molecule has 0 saturated heterocycles. The number of carbonyl (C=O) groups is 2. The van der Waals surface area contributed by atoms with E-state index >= 15 is 0 Å². The Balaban J connectivity index is 2.02. The molecule has 41 heavy (non-hydrogen) atoms. The number of hydrogen-bond acceptors (Lipinski definition) is 5. The topological polar surface area (TPSA) is 96.0 Å². The lowest BCUT2D eigenvalue weighted by Crippen LogP contribution is -2.52. The number of rotatable bonds is 14. The van der Waals surface area contributed by atoms with E-state index in [9.17, 15) is 18.0 Å². The Labute approximate surface area is 244 Å². The molecule has 0 spiro atoms. The number of hydrogen-bond donors (Lipinski definition) is 1. The molecule has 3 aromatic carbocycles. The molecule has 0 unspecified atom stereocenters. The summed E-state index contributed by atoms with van der Waals surface area (Å²) in [6, 6.07) is 21.6. The van der Waals surface area contributed by atoms with E-state index in [1.54, 1.807) is 42.5 Å². The molecule has 0 aliphatic heterocycles. The third kappa shape index (κ3) is 8.33. The van der Waals surface area contributed by atoms with Crippen LogP contribution in [0, 0.1) is 12.8 Å². The molecule has 0 heterocycles. The first-order valence-corrected chi connectivity index (χ1v) is 15.4. The molecule has 3 aromatic rings. The van der Waals surface area contributed by atoms with Crippen LogP contribution in [-0.2, 0) is 26.2 Å². The van der Waals surface area contributed by atoms with Crippen LogP contribution in [0.25, 0.3) is 0 Å². The summed E-state index contributed by atoms with van der Waals surface area (Å²) >= 11 is 0. The van der Waals surface area contributed by atoms with Gasteiger partial charge in [-0.2, -0.15) is 0 Å². The third-order valence-corrected chi connectivity index (χ3v) is 8.51. The highest BCUT2D eigenvalue weighted by Crippen LogP contribution is 2.26. The maximum atomic E-state index is 14.1. The van der Waals surface area contributed by atoms with Crippen molar-refractivity contribution in [2.24, 2.45) is 5.92 Å².